The van der Waals surface area contributed by atoms with Gasteiger partial charge in [0.05, 0.1) is 5.54 Å². The molecule has 0 fully saturated rings. The molecule has 2 rings (SSSR count). The summed E-state index contributed by atoms with van der Waals surface area (Å²) in [5, 5.41) is 7.15. The maximum atomic E-state index is 12.7. The van der Waals surface area contributed by atoms with Gasteiger partial charge in [0, 0.05) is 5.69 Å². The number of carbonyl (C=O) groups excluding carboxylic acids is 2. The van der Waals surface area contributed by atoms with Gasteiger partial charge >= 0.3 is 0 Å². The molecule has 0 saturated heterocycles. The van der Waals surface area contributed by atoms with Crippen molar-refractivity contribution in [1.82, 2.24) is 15.1 Å². The lowest BCUT2D eigenvalue weighted by Crippen LogP contribution is -2.37. The average Bonchev–Trinajstić information content (AvgIpc) is 2.99. The second-order valence-electron chi connectivity index (χ2n) is 7.41. The van der Waals surface area contributed by atoms with E-state index < -0.39 is 17.9 Å². The first-order valence-electron chi connectivity index (χ1n) is 8.37. The van der Waals surface area contributed by atoms with Crippen molar-refractivity contribution in [3.63, 3.8) is 0 Å². The van der Waals surface area contributed by atoms with Crippen LogP contribution in [-0.4, -0.2) is 21.6 Å². The molecule has 1 atom stereocenters. The summed E-state index contributed by atoms with van der Waals surface area (Å²) in [5.41, 5.74) is 7.10. The van der Waals surface area contributed by atoms with Crippen LogP contribution in [0.25, 0.3) is 0 Å². The molecule has 0 radical (unpaired) electrons. The molecule has 0 unspecified atom stereocenters. The molecule has 0 aliphatic rings. The Hall–Kier alpha value is -2.63. The van der Waals surface area contributed by atoms with Crippen molar-refractivity contribution in [3.8, 4) is 0 Å². The minimum atomic E-state index is -0.893. The van der Waals surface area contributed by atoms with Gasteiger partial charge in [0.1, 0.15) is 6.04 Å². The average molecular weight is 342 g/mol. The summed E-state index contributed by atoms with van der Waals surface area (Å²) < 4.78 is 1.86. The van der Waals surface area contributed by atoms with Crippen LogP contribution in [0.5, 0.6) is 0 Å². The van der Waals surface area contributed by atoms with Crippen molar-refractivity contribution in [3.05, 3.63) is 53.3 Å². The highest BCUT2D eigenvalue weighted by Crippen LogP contribution is 2.24. The molecule has 0 aliphatic heterocycles. The highest BCUT2D eigenvalue weighted by molar-refractivity contribution is 5.96. The molecule has 3 N–H and O–H groups in total. The van der Waals surface area contributed by atoms with Gasteiger partial charge in [0.25, 0.3) is 5.91 Å². The van der Waals surface area contributed by atoms with E-state index in [9.17, 15) is 9.59 Å². The monoisotopic (exact) mass is 342 g/mol. The van der Waals surface area contributed by atoms with Crippen molar-refractivity contribution in [2.75, 3.05) is 0 Å². The summed E-state index contributed by atoms with van der Waals surface area (Å²) in [7, 11) is 0. The maximum absolute atomic E-state index is 12.7. The zero-order valence-electron chi connectivity index (χ0n) is 15.4. The number of nitrogens with one attached hydrogen (secondary N) is 1. The van der Waals surface area contributed by atoms with E-state index in [-0.39, 0.29) is 17.2 Å². The first-order chi connectivity index (χ1) is 11.6. The molecule has 0 bridgehead atoms. The van der Waals surface area contributed by atoms with Crippen molar-refractivity contribution in [2.24, 2.45) is 5.73 Å². The van der Waals surface area contributed by atoms with Crippen LogP contribution in [0.4, 0.5) is 0 Å². The van der Waals surface area contributed by atoms with E-state index in [0.717, 1.165) is 5.69 Å². The Bertz CT molecular complexity index is 757. The van der Waals surface area contributed by atoms with Gasteiger partial charge in [-0.05, 0) is 38.3 Å². The number of primary amides is 1. The second kappa shape index (κ2) is 7.09. The van der Waals surface area contributed by atoms with Crippen molar-refractivity contribution in [2.45, 2.75) is 52.1 Å². The van der Waals surface area contributed by atoms with Crippen LogP contribution in [0.15, 0.2) is 36.4 Å². The fraction of sp³-hybridized carbons (Fsp3) is 0.421. The Balaban J connectivity index is 2.32. The van der Waals surface area contributed by atoms with Gasteiger partial charge in [-0.25, -0.2) is 0 Å². The molecule has 134 valence electrons. The molecule has 6 nitrogen and oxygen atoms in total. The lowest BCUT2D eigenvalue weighted by atomic mass is 10.1. The van der Waals surface area contributed by atoms with Crippen molar-refractivity contribution in [1.29, 1.82) is 0 Å². The van der Waals surface area contributed by atoms with Gasteiger partial charge in [-0.15, -0.1) is 0 Å². The number of benzene rings is 1. The largest absolute Gasteiger partial charge is 0.368 e. The zero-order chi connectivity index (χ0) is 18.8. The summed E-state index contributed by atoms with van der Waals surface area (Å²) >= 11 is 0. The Kier molecular flexibility index (Phi) is 5.30. The number of hydrogen-bond acceptors (Lipinski definition) is 3. The van der Waals surface area contributed by atoms with Crippen LogP contribution in [0.2, 0.25) is 0 Å². The minimum absolute atomic E-state index is 0.217. The predicted octanol–water partition coefficient (Wildman–Crippen LogP) is 2.72. The van der Waals surface area contributed by atoms with Crippen LogP contribution in [0.3, 0.4) is 0 Å². The van der Waals surface area contributed by atoms with E-state index in [1.165, 1.54) is 0 Å². The molecule has 0 saturated carbocycles. The fourth-order valence-corrected chi connectivity index (χ4v) is 2.62. The third-order valence-corrected chi connectivity index (χ3v) is 3.89. The molecular formula is C19H26N4O2. The minimum Gasteiger partial charge on any atom is -0.368 e. The van der Waals surface area contributed by atoms with E-state index in [2.05, 4.69) is 24.3 Å². The summed E-state index contributed by atoms with van der Waals surface area (Å²) in [6, 6.07) is 9.81. The Morgan fingerprint density at radius 3 is 2.20 bits per heavy atom. The first-order valence-corrected chi connectivity index (χ1v) is 8.37. The number of nitrogens with zero attached hydrogens (tertiary/aromatic N) is 2. The Morgan fingerprint density at radius 1 is 1.16 bits per heavy atom. The highest BCUT2D eigenvalue weighted by atomic mass is 16.2. The third kappa shape index (κ3) is 4.26. The van der Waals surface area contributed by atoms with Gasteiger partial charge in [-0.3, -0.25) is 14.3 Å². The van der Waals surface area contributed by atoms with Crippen molar-refractivity contribution >= 4 is 11.8 Å². The molecule has 1 aromatic heterocycles. The van der Waals surface area contributed by atoms with Crippen LogP contribution >= 0.6 is 0 Å². The standard InChI is InChI=1S/C19H26N4O2/c1-12(2)15-11-14(22-23(15)19(3,4)5)18(25)21-16(17(20)24)13-9-7-6-8-10-13/h6-12,16H,1-5H3,(H2,20,24)(H,21,25)/t16-/m0/s1. The number of amides is 2. The van der Waals surface area contributed by atoms with E-state index >= 15 is 0 Å². The SMILES string of the molecule is CC(C)c1cc(C(=O)N[C@H](C(N)=O)c2ccccc2)nn1C(C)(C)C. The molecular weight excluding hydrogens is 316 g/mol. The molecule has 0 aliphatic carbocycles. The molecule has 2 amide bonds. The number of rotatable bonds is 5. The Morgan fingerprint density at radius 2 is 1.76 bits per heavy atom. The number of hydrogen-bond donors (Lipinski definition) is 2. The van der Waals surface area contributed by atoms with E-state index in [1.54, 1.807) is 30.3 Å². The van der Waals surface area contributed by atoms with Crippen LogP contribution in [0.1, 0.15) is 68.3 Å². The van der Waals surface area contributed by atoms with E-state index in [0.29, 0.717) is 5.56 Å². The highest BCUT2D eigenvalue weighted by Gasteiger charge is 2.26. The van der Waals surface area contributed by atoms with Gasteiger partial charge in [0.2, 0.25) is 5.91 Å². The predicted molar refractivity (Wildman–Crippen MR) is 97.2 cm³/mol. The van der Waals surface area contributed by atoms with Crippen LogP contribution < -0.4 is 11.1 Å². The molecule has 2 aromatic rings. The first kappa shape index (κ1) is 18.7. The van der Waals surface area contributed by atoms with Crippen molar-refractivity contribution < 1.29 is 9.59 Å². The summed E-state index contributed by atoms with van der Waals surface area (Å²) in [6.45, 7) is 10.2. The zero-order valence-corrected chi connectivity index (χ0v) is 15.4. The van der Waals surface area contributed by atoms with Crippen LogP contribution in [0, 0.1) is 0 Å². The smallest absolute Gasteiger partial charge is 0.272 e. The molecule has 1 aromatic carbocycles. The third-order valence-electron chi connectivity index (χ3n) is 3.89. The molecule has 1 heterocycles. The van der Waals surface area contributed by atoms with E-state index in [4.69, 9.17) is 5.73 Å². The van der Waals surface area contributed by atoms with Gasteiger partial charge in [-0.1, -0.05) is 44.2 Å². The summed E-state index contributed by atoms with van der Waals surface area (Å²) in [4.78, 5) is 24.4. The second-order valence-corrected chi connectivity index (χ2v) is 7.41. The van der Waals surface area contributed by atoms with Gasteiger partial charge in [0.15, 0.2) is 5.69 Å². The number of nitrogens with two attached hydrogens (primary N) is 1. The number of carbonyl (C=O) groups is 2. The van der Waals surface area contributed by atoms with Crippen LogP contribution in [-0.2, 0) is 10.3 Å². The summed E-state index contributed by atoms with van der Waals surface area (Å²) in [6.07, 6.45) is 0. The topological polar surface area (TPSA) is 90.0 Å². The number of aromatic nitrogens is 2. The maximum Gasteiger partial charge on any atom is 0.272 e. The quantitative estimate of drug-likeness (QED) is 0.875. The normalized spacial score (nSPS) is 12.9. The molecule has 6 heteroatoms. The van der Waals surface area contributed by atoms with Gasteiger partial charge < -0.3 is 11.1 Å². The molecule has 0 spiro atoms. The Labute approximate surface area is 148 Å². The summed E-state index contributed by atoms with van der Waals surface area (Å²) in [5.74, 6) is -0.814. The van der Waals surface area contributed by atoms with E-state index in [1.807, 2.05) is 31.5 Å². The molecule has 25 heavy (non-hydrogen) atoms. The fourth-order valence-electron chi connectivity index (χ4n) is 2.62. The van der Waals surface area contributed by atoms with Gasteiger partial charge in [-0.2, -0.15) is 5.10 Å². The lowest BCUT2D eigenvalue weighted by Gasteiger charge is -2.23. The lowest BCUT2D eigenvalue weighted by molar-refractivity contribution is -0.120.